The van der Waals surface area contributed by atoms with Crippen LogP contribution in [0.15, 0.2) is 29.5 Å². The Kier molecular flexibility index (Phi) is 7.77. The van der Waals surface area contributed by atoms with E-state index in [1.165, 1.54) is 53.0 Å². The highest BCUT2D eigenvalue weighted by molar-refractivity contribution is 8.00. The highest BCUT2D eigenvalue weighted by atomic mass is 32.2. The van der Waals surface area contributed by atoms with Gasteiger partial charge in [0.15, 0.2) is 5.82 Å². The summed E-state index contributed by atoms with van der Waals surface area (Å²) in [5.41, 5.74) is 6.42. The number of fused-ring (bicyclic) bond motifs is 1. The van der Waals surface area contributed by atoms with Gasteiger partial charge in [0, 0.05) is 18.6 Å². The van der Waals surface area contributed by atoms with Crippen LogP contribution >= 0.6 is 23.7 Å². The molecule has 1 saturated heterocycles. The predicted molar refractivity (Wildman–Crippen MR) is 135 cm³/mol. The monoisotopic (exact) mass is 549 g/mol. The van der Waals surface area contributed by atoms with Gasteiger partial charge in [0.1, 0.15) is 22.9 Å². The molecule has 0 bridgehead atoms. The Morgan fingerprint density at radius 3 is 2.76 bits per heavy atom. The van der Waals surface area contributed by atoms with Crippen LogP contribution in [-0.4, -0.2) is 84.2 Å². The molecule has 2 aromatic rings. The van der Waals surface area contributed by atoms with E-state index in [2.05, 4.69) is 20.8 Å². The van der Waals surface area contributed by atoms with E-state index in [1.54, 1.807) is 19.1 Å². The van der Waals surface area contributed by atoms with E-state index in [0.29, 0.717) is 34.9 Å². The Labute approximate surface area is 221 Å². The average Bonchev–Trinajstić information content (AvgIpc) is 3.32. The molecular formula is C22H27N7O6S2. The van der Waals surface area contributed by atoms with Crippen molar-refractivity contribution in [2.75, 3.05) is 25.7 Å². The van der Waals surface area contributed by atoms with Gasteiger partial charge in [-0.05, 0) is 64.6 Å². The lowest BCUT2D eigenvalue weighted by Gasteiger charge is -2.56. The van der Waals surface area contributed by atoms with Crippen molar-refractivity contribution in [3.63, 3.8) is 0 Å². The van der Waals surface area contributed by atoms with Crippen LogP contribution in [0.4, 0.5) is 0 Å². The number of hydrogen-bond acceptors (Lipinski definition) is 12. The number of ether oxygens (including phenoxy) is 2. The van der Waals surface area contributed by atoms with Crippen LogP contribution < -0.4 is 11.1 Å². The van der Waals surface area contributed by atoms with Crippen LogP contribution in [0, 0.1) is 6.92 Å². The fourth-order valence-corrected chi connectivity index (χ4v) is 6.51. The van der Waals surface area contributed by atoms with Crippen LogP contribution in [0.3, 0.4) is 0 Å². The first kappa shape index (κ1) is 26.9. The Hall–Kier alpha value is -3.14. The SMILES string of the molecule is CCc1cc(O)cc(C(N)C(=O)NC2(OC)C(=O)N3C(C(=O)OC)=C(CSn4nnnc4C)CS[C@H]32)c1. The molecule has 4 N–H and O–H groups in total. The number of carbonyl (C=O) groups is 3. The van der Waals surface area contributed by atoms with Crippen LogP contribution in [-0.2, 0) is 30.3 Å². The number of aryl methyl sites for hydroxylation is 2. The van der Waals surface area contributed by atoms with Crippen molar-refractivity contribution in [2.45, 2.75) is 37.4 Å². The Balaban J connectivity index is 1.57. The molecule has 2 aliphatic rings. The summed E-state index contributed by atoms with van der Waals surface area (Å²) >= 11 is 2.60. The minimum absolute atomic E-state index is 0.0112. The number of aromatic nitrogens is 4. The maximum atomic E-state index is 13.5. The maximum Gasteiger partial charge on any atom is 0.354 e. The van der Waals surface area contributed by atoms with Crippen molar-refractivity contribution in [3.8, 4) is 5.75 Å². The third kappa shape index (κ3) is 4.79. The molecule has 13 nitrogen and oxygen atoms in total. The fraction of sp³-hybridized carbons (Fsp3) is 0.455. The Morgan fingerprint density at radius 2 is 2.14 bits per heavy atom. The number of methoxy groups -OCH3 is 2. The molecule has 4 rings (SSSR count). The van der Waals surface area contributed by atoms with Crippen molar-refractivity contribution in [1.29, 1.82) is 0 Å². The summed E-state index contributed by atoms with van der Waals surface area (Å²) in [5.74, 6) is -0.700. The third-order valence-electron chi connectivity index (χ3n) is 6.12. The van der Waals surface area contributed by atoms with Gasteiger partial charge in [-0.3, -0.25) is 14.5 Å². The molecule has 2 unspecified atom stereocenters. The number of nitrogens with two attached hydrogens (primary N) is 1. The van der Waals surface area contributed by atoms with Gasteiger partial charge in [-0.2, -0.15) is 4.09 Å². The first-order valence-electron chi connectivity index (χ1n) is 11.3. The molecule has 0 spiro atoms. The predicted octanol–water partition coefficient (Wildman–Crippen LogP) is 0.247. The Morgan fingerprint density at radius 1 is 1.38 bits per heavy atom. The number of hydrogen-bond donors (Lipinski definition) is 3. The van der Waals surface area contributed by atoms with Crippen LogP contribution in [0.25, 0.3) is 0 Å². The first-order chi connectivity index (χ1) is 17.7. The van der Waals surface area contributed by atoms with Gasteiger partial charge in [-0.1, -0.05) is 13.0 Å². The average molecular weight is 550 g/mol. The number of aromatic hydroxyl groups is 1. The molecule has 0 aliphatic carbocycles. The van der Waals surface area contributed by atoms with Gasteiger partial charge in [0.2, 0.25) is 5.91 Å². The summed E-state index contributed by atoms with van der Waals surface area (Å²) < 4.78 is 12.0. The van der Waals surface area contributed by atoms with Crippen LogP contribution in [0.1, 0.15) is 29.9 Å². The minimum atomic E-state index is -1.73. The van der Waals surface area contributed by atoms with Gasteiger partial charge >= 0.3 is 5.97 Å². The van der Waals surface area contributed by atoms with E-state index in [1.807, 2.05) is 6.92 Å². The van der Waals surface area contributed by atoms with E-state index in [0.717, 1.165) is 5.56 Å². The normalized spacial score (nSPS) is 21.8. The first-order valence-corrected chi connectivity index (χ1v) is 13.2. The Bertz CT molecular complexity index is 1270. The molecule has 0 saturated carbocycles. The van der Waals surface area contributed by atoms with Gasteiger partial charge in [-0.25, -0.2) is 4.79 Å². The fourth-order valence-electron chi connectivity index (χ4n) is 4.12. The molecule has 1 aromatic heterocycles. The van der Waals surface area contributed by atoms with E-state index in [-0.39, 0.29) is 11.4 Å². The summed E-state index contributed by atoms with van der Waals surface area (Å²) in [6, 6.07) is 3.56. The minimum Gasteiger partial charge on any atom is -0.508 e. The summed E-state index contributed by atoms with van der Waals surface area (Å²) in [7, 11) is 2.54. The summed E-state index contributed by atoms with van der Waals surface area (Å²) in [6.07, 6.45) is 0.639. The number of thioether (sulfide) groups is 1. The quantitative estimate of drug-likeness (QED) is 0.221. The maximum absolute atomic E-state index is 13.5. The molecule has 15 heteroatoms. The zero-order valence-electron chi connectivity index (χ0n) is 20.6. The standard InChI is InChI=1S/C22H27N7O6S2/c1-5-12-6-13(8-15(30)7-12)16(23)18(31)24-22(35-4)20(33)28-17(19(32)34-3)14(9-36-21(22)28)10-37-29-11(2)25-26-27-29/h6-8,16,21,30H,5,9-10,23H2,1-4H3,(H,24,31)/t16?,21-,22?/m0/s1. The largest absolute Gasteiger partial charge is 0.508 e. The van der Waals surface area contributed by atoms with Gasteiger partial charge in [0.25, 0.3) is 11.6 Å². The van der Waals surface area contributed by atoms with Crippen molar-refractivity contribution in [1.82, 2.24) is 29.8 Å². The zero-order valence-corrected chi connectivity index (χ0v) is 22.3. The second-order valence-electron chi connectivity index (χ2n) is 8.35. The number of nitrogens with one attached hydrogen (secondary N) is 1. The van der Waals surface area contributed by atoms with E-state index in [9.17, 15) is 19.5 Å². The molecule has 3 heterocycles. The summed E-state index contributed by atoms with van der Waals surface area (Å²) in [4.78, 5) is 40.6. The molecule has 0 radical (unpaired) electrons. The number of benzene rings is 1. The van der Waals surface area contributed by atoms with Crippen molar-refractivity contribution >= 4 is 41.5 Å². The molecule has 1 fully saturated rings. The second-order valence-corrected chi connectivity index (χ2v) is 10.3. The highest BCUT2D eigenvalue weighted by Crippen LogP contribution is 2.47. The lowest BCUT2D eigenvalue weighted by molar-refractivity contribution is -0.193. The van der Waals surface area contributed by atoms with E-state index in [4.69, 9.17) is 15.2 Å². The van der Waals surface area contributed by atoms with Crippen molar-refractivity contribution in [2.24, 2.45) is 5.73 Å². The van der Waals surface area contributed by atoms with E-state index < -0.39 is 34.9 Å². The lowest BCUT2D eigenvalue weighted by Crippen LogP contribution is -2.81. The second kappa shape index (κ2) is 10.7. The number of nitrogens with zero attached hydrogens (tertiary/aromatic N) is 5. The molecule has 37 heavy (non-hydrogen) atoms. The highest BCUT2D eigenvalue weighted by Gasteiger charge is 2.66. The number of carbonyl (C=O) groups excluding carboxylic acids is 3. The number of β-lactam (4-membered cyclic amide) rings is 1. The van der Waals surface area contributed by atoms with Crippen LogP contribution in [0.5, 0.6) is 5.75 Å². The zero-order chi connectivity index (χ0) is 26.9. The number of esters is 1. The molecule has 2 aliphatic heterocycles. The van der Waals surface area contributed by atoms with Gasteiger partial charge in [-0.15, -0.1) is 16.9 Å². The molecular weight excluding hydrogens is 522 g/mol. The molecule has 1 aromatic carbocycles. The van der Waals surface area contributed by atoms with Gasteiger partial charge in [0.05, 0.1) is 7.11 Å². The van der Waals surface area contributed by atoms with Crippen molar-refractivity contribution in [3.05, 3.63) is 46.4 Å². The molecule has 2 amide bonds. The van der Waals surface area contributed by atoms with Gasteiger partial charge < -0.3 is 25.6 Å². The number of phenolic OH excluding ortho intramolecular Hbond substituents is 1. The molecule has 198 valence electrons. The smallest absolute Gasteiger partial charge is 0.354 e. The number of rotatable bonds is 9. The number of amides is 2. The summed E-state index contributed by atoms with van der Waals surface area (Å²) in [6.45, 7) is 3.66. The van der Waals surface area contributed by atoms with Crippen molar-refractivity contribution < 1.29 is 29.0 Å². The third-order valence-corrected chi connectivity index (χ3v) is 8.55. The molecule has 3 atom stereocenters. The number of tetrazole rings is 1. The number of phenols is 1. The lowest BCUT2D eigenvalue weighted by atomic mass is 9.96. The van der Waals surface area contributed by atoms with E-state index >= 15 is 0 Å². The topological polar surface area (TPSA) is 175 Å². The summed E-state index contributed by atoms with van der Waals surface area (Å²) in [5, 5.41) is 23.2. The van der Waals surface area contributed by atoms with Crippen LogP contribution in [0.2, 0.25) is 0 Å².